The van der Waals surface area contributed by atoms with E-state index in [9.17, 15) is 0 Å². The first kappa shape index (κ1) is 12.6. The van der Waals surface area contributed by atoms with E-state index >= 15 is 0 Å². The lowest BCUT2D eigenvalue weighted by Gasteiger charge is -2.27. The van der Waals surface area contributed by atoms with Gasteiger partial charge in [0.1, 0.15) is 0 Å². The lowest BCUT2D eigenvalue weighted by Crippen LogP contribution is -2.36. The number of aromatic nitrogens is 2. The third kappa shape index (κ3) is 3.30. The molecule has 0 aromatic carbocycles. The fourth-order valence-electron chi connectivity index (χ4n) is 2.52. The zero-order chi connectivity index (χ0) is 12.1. The van der Waals surface area contributed by atoms with Crippen LogP contribution in [-0.4, -0.2) is 40.4 Å². The molecule has 0 radical (unpaired) electrons. The molecule has 1 unspecified atom stereocenters. The Kier molecular flexibility index (Phi) is 4.57. The Balaban J connectivity index is 1.96. The number of nitrogens with one attached hydrogen (secondary N) is 1. The average Bonchev–Trinajstić information content (AvgIpc) is 2.99. The van der Waals surface area contributed by atoms with Gasteiger partial charge in [0, 0.05) is 37.4 Å². The first-order chi connectivity index (χ1) is 8.33. The molecule has 1 aromatic rings. The highest BCUT2D eigenvalue weighted by Gasteiger charge is 2.21. The molecule has 96 valence electrons. The minimum absolute atomic E-state index is 0.708. The standard InChI is InChI=1S/C13H24N4/c1-3-7-16(13-5-6-14-9-13)10-12-8-15-17(4-2)11-12/h8,11,13-14H,3-7,9-10H2,1-2H3. The van der Waals surface area contributed by atoms with Crippen molar-refractivity contribution in [1.29, 1.82) is 0 Å². The Morgan fingerprint density at radius 2 is 2.41 bits per heavy atom. The molecule has 1 atom stereocenters. The summed E-state index contributed by atoms with van der Waals surface area (Å²) in [6.07, 6.45) is 6.68. The van der Waals surface area contributed by atoms with Gasteiger partial charge in [-0.15, -0.1) is 0 Å². The van der Waals surface area contributed by atoms with Crippen LogP contribution < -0.4 is 5.32 Å². The summed E-state index contributed by atoms with van der Waals surface area (Å²) < 4.78 is 2.01. The molecule has 1 aliphatic heterocycles. The highest BCUT2D eigenvalue weighted by atomic mass is 15.3. The van der Waals surface area contributed by atoms with E-state index in [2.05, 4.69) is 35.4 Å². The predicted octanol–water partition coefficient (Wildman–Crippen LogP) is 1.48. The molecule has 4 nitrogen and oxygen atoms in total. The van der Waals surface area contributed by atoms with E-state index < -0.39 is 0 Å². The van der Waals surface area contributed by atoms with Gasteiger partial charge in [-0.2, -0.15) is 5.10 Å². The molecule has 1 saturated heterocycles. The third-order valence-electron chi connectivity index (χ3n) is 3.46. The normalized spacial score (nSPS) is 20.3. The van der Waals surface area contributed by atoms with Crippen molar-refractivity contribution in [3.8, 4) is 0 Å². The van der Waals surface area contributed by atoms with Crippen LogP contribution in [-0.2, 0) is 13.1 Å². The van der Waals surface area contributed by atoms with Crippen LogP contribution in [0.4, 0.5) is 0 Å². The highest BCUT2D eigenvalue weighted by Crippen LogP contribution is 2.13. The lowest BCUT2D eigenvalue weighted by molar-refractivity contribution is 0.199. The maximum atomic E-state index is 4.35. The molecule has 0 aliphatic carbocycles. The topological polar surface area (TPSA) is 33.1 Å². The zero-order valence-electron chi connectivity index (χ0n) is 11.0. The van der Waals surface area contributed by atoms with E-state index in [1.807, 2.05) is 10.9 Å². The average molecular weight is 236 g/mol. The van der Waals surface area contributed by atoms with Crippen molar-refractivity contribution in [2.45, 2.75) is 45.8 Å². The van der Waals surface area contributed by atoms with Gasteiger partial charge in [0.05, 0.1) is 6.20 Å². The molecule has 0 saturated carbocycles. The van der Waals surface area contributed by atoms with E-state index in [4.69, 9.17) is 0 Å². The van der Waals surface area contributed by atoms with Crippen LogP contribution in [0.25, 0.3) is 0 Å². The molecule has 2 rings (SSSR count). The van der Waals surface area contributed by atoms with Crippen molar-refractivity contribution in [2.24, 2.45) is 0 Å². The van der Waals surface area contributed by atoms with Crippen molar-refractivity contribution >= 4 is 0 Å². The summed E-state index contributed by atoms with van der Waals surface area (Å²) in [5.41, 5.74) is 1.34. The highest BCUT2D eigenvalue weighted by molar-refractivity contribution is 5.04. The van der Waals surface area contributed by atoms with Crippen molar-refractivity contribution in [1.82, 2.24) is 20.0 Å². The van der Waals surface area contributed by atoms with Crippen LogP contribution in [0.3, 0.4) is 0 Å². The molecule has 1 aliphatic rings. The Hall–Kier alpha value is -0.870. The van der Waals surface area contributed by atoms with Gasteiger partial charge in [0.2, 0.25) is 0 Å². The van der Waals surface area contributed by atoms with Gasteiger partial charge in [-0.1, -0.05) is 6.92 Å². The number of rotatable bonds is 6. The summed E-state index contributed by atoms with van der Waals surface area (Å²) in [7, 11) is 0. The number of hydrogen-bond acceptors (Lipinski definition) is 3. The Bertz CT molecular complexity index is 328. The van der Waals surface area contributed by atoms with Gasteiger partial charge in [0.15, 0.2) is 0 Å². The minimum atomic E-state index is 0.708. The summed E-state index contributed by atoms with van der Waals surface area (Å²) in [4.78, 5) is 2.59. The number of aryl methyl sites for hydroxylation is 1. The van der Waals surface area contributed by atoms with Crippen molar-refractivity contribution < 1.29 is 0 Å². The van der Waals surface area contributed by atoms with Crippen LogP contribution in [0.15, 0.2) is 12.4 Å². The molecule has 0 amide bonds. The van der Waals surface area contributed by atoms with Crippen molar-refractivity contribution in [3.63, 3.8) is 0 Å². The first-order valence-corrected chi connectivity index (χ1v) is 6.79. The molecule has 17 heavy (non-hydrogen) atoms. The molecular formula is C13H24N4. The van der Waals surface area contributed by atoms with Gasteiger partial charge in [-0.3, -0.25) is 9.58 Å². The number of nitrogens with zero attached hydrogens (tertiary/aromatic N) is 3. The molecule has 4 heteroatoms. The predicted molar refractivity (Wildman–Crippen MR) is 69.9 cm³/mol. The summed E-state index contributed by atoms with van der Waals surface area (Å²) >= 11 is 0. The van der Waals surface area contributed by atoms with Crippen LogP contribution in [0, 0.1) is 0 Å². The van der Waals surface area contributed by atoms with E-state index in [1.165, 1.54) is 31.5 Å². The summed E-state index contributed by atoms with van der Waals surface area (Å²) in [6, 6.07) is 0.708. The lowest BCUT2D eigenvalue weighted by atomic mass is 10.2. The summed E-state index contributed by atoms with van der Waals surface area (Å²) in [6.45, 7) is 9.87. The molecule has 2 heterocycles. The van der Waals surface area contributed by atoms with E-state index in [1.54, 1.807) is 0 Å². The van der Waals surface area contributed by atoms with Crippen molar-refractivity contribution in [3.05, 3.63) is 18.0 Å². The van der Waals surface area contributed by atoms with Crippen LogP contribution in [0.1, 0.15) is 32.3 Å². The van der Waals surface area contributed by atoms with Gasteiger partial charge in [-0.05, 0) is 32.9 Å². The van der Waals surface area contributed by atoms with Crippen LogP contribution in [0.5, 0.6) is 0 Å². The molecule has 1 N–H and O–H groups in total. The second-order valence-electron chi connectivity index (χ2n) is 4.82. The molecule has 1 fully saturated rings. The zero-order valence-corrected chi connectivity index (χ0v) is 11.0. The maximum Gasteiger partial charge on any atom is 0.0534 e. The Morgan fingerprint density at radius 1 is 1.53 bits per heavy atom. The smallest absolute Gasteiger partial charge is 0.0534 e. The fourth-order valence-corrected chi connectivity index (χ4v) is 2.52. The number of hydrogen-bond donors (Lipinski definition) is 1. The van der Waals surface area contributed by atoms with Gasteiger partial charge in [-0.25, -0.2) is 0 Å². The van der Waals surface area contributed by atoms with Crippen molar-refractivity contribution in [2.75, 3.05) is 19.6 Å². The monoisotopic (exact) mass is 236 g/mol. The largest absolute Gasteiger partial charge is 0.315 e. The van der Waals surface area contributed by atoms with Gasteiger partial charge in [0.25, 0.3) is 0 Å². The molecular weight excluding hydrogens is 212 g/mol. The van der Waals surface area contributed by atoms with Gasteiger partial charge >= 0.3 is 0 Å². The SMILES string of the molecule is CCCN(Cc1cnn(CC)c1)C1CCNC1. The summed E-state index contributed by atoms with van der Waals surface area (Å²) in [5.74, 6) is 0. The van der Waals surface area contributed by atoms with E-state index in [0.29, 0.717) is 6.04 Å². The van der Waals surface area contributed by atoms with E-state index in [-0.39, 0.29) is 0 Å². The molecule has 0 spiro atoms. The van der Waals surface area contributed by atoms with Crippen LogP contribution in [0.2, 0.25) is 0 Å². The second kappa shape index (κ2) is 6.17. The van der Waals surface area contributed by atoms with Crippen LogP contribution >= 0.6 is 0 Å². The Labute approximate surface area is 104 Å². The summed E-state index contributed by atoms with van der Waals surface area (Å²) in [5, 5.41) is 7.80. The first-order valence-electron chi connectivity index (χ1n) is 6.79. The second-order valence-corrected chi connectivity index (χ2v) is 4.82. The molecule has 1 aromatic heterocycles. The molecule has 0 bridgehead atoms. The third-order valence-corrected chi connectivity index (χ3v) is 3.46. The maximum absolute atomic E-state index is 4.35. The Morgan fingerprint density at radius 3 is 3.00 bits per heavy atom. The van der Waals surface area contributed by atoms with Gasteiger partial charge < -0.3 is 5.32 Å². The fraction of sp³-hybridized carbons (Fsp3) is 0.769. The quantitative estimate of drug-likeness (QED) is 0.812. The minimum Gasteiger partial charge on any atom is -0.315 e. The van der Waals surface area contributed by atoms with E-state index in [0.717, 1.165) is 19.6 Å².